The Morgan fingerprint density at radius 3 is 2.64 bits per heavy atom. The third kappa shape index (κ3) is 5.62. The number of anilines is 1. The van der Waals surface area contributed by atoms with Crippen LogP contribution in [0.25, 0.3) is 28.2 Å². The van der Waals surface area contributed by atoms with E-state index >= 15 is 0 Å². The van der Waals surface area contributed by atoms with Gasteiger partial charge in [0.25, 0.3) is 0 Å². The molecule has 1 aromatic carbocycles. The van der Waals surface area contributed by atoms with E-state index in [0.29, 0.717) is 62.7 Å². The molecule has 0 radical (unpaired) electrons. The van der Waals surface area contributed by atoms with Gasteiger partial charge >= 0.3 is 6.55 Å². The van der Waals surface area contributed by atoms with E-state index in [2.05, 4.69) is 25.7 Å². The lowest BCUT2D eigenvalue weighted by Gasteiger charge is -2.22. The number of carbonyl (C=O) groups excluding carboxylic acids is 1. The molecule has 4 aromatic heterocycles. The van der Waals surface area contributed by atoms with Crippen molar-refractivity contribution in [1.29, 1.82) is 0 Å². The number of benzene rings is 1. The SMILES string of the molecule is C[C@@H]1CCC[C@@H](c2cn(C)c(-c3cc(Cl)ccc3-n3cc(Cl)nn3)cc2=O)c2cc(ccn2)-c2c(cnn2C(F)F)NC1=O. The van der Waals surface area contributed by atoms with E-state index < -0.39 is 18.4 Å². The van der Waals surface area contributed by atoms with Crippen molar-refractivity contribution in [2.45, 2.75) is 38.7 Å². The number of hydrogen-bond acceptors (Lipinski definition) is 6. The van der Waals surface area contributed by atoms with Crippen molar-refractivity contribution in [1.82, 2.24) is 34.3 Å². The number of aromatic nitrogens is 7. The maximum atomic E-state index is 14.0. The van der Waals surface area contributed by atoms with Crippen molar-refractivity contribution in [3.05, 3.63) is 92.8 Å². The van der Waals surface area contributed by atoms with E-state index in [1.807, 2.05) is 11.6 Å². The fraction of sp³-hybridized carbons (Fsp3) is 0.267. The van der Waals surface area contributed by atoms with Gasteiger partial charge in [0.1, 0.15) is 0 Å². The highest BCUT2D eigenvalue weighted by Crippen LogP contribution is 2.37. The Morgan fingerprint density at radius 1 is 1.07 bits per heavy atom. The van der Waals surface area contributed by atoms with Crippen molar-refractivity contribution >= 4 is 34.8 Å². The number of rotatable bonds is 4. The topological polar surface area (TPSA) is 113 Å². The second-order valence-electron chi connectivity index (χ2n) is 10.7. The molecule has 1 N–H and O–H groups in total. The number of pyridine rings is 2. The first-order valence-corrected chi connectivity index (χ1v) is 14.6. The van der Waals surface area contributed by atoms with E-state index in [9.17, 15) is 18.4 Å². The van der Waals surface area contributed by atoms with E-state index in [1.165, 1.54) is 23.1 Å². The molecular weight excluding hydrogens is 613 g/mol. The average molecular weight is 639 g/mol. The van der Waals surface area contributed by atoms with Crippen LogP contribution < -0.4 is 10.7 Å². The predicted molar refractivity (Wildman–Crippen MR) is 162 cm³/mol. The van der Waals surface area contributed by atoms with Crippen LogP contribution in [0.2, 0.25) is 10.2 Å². The Hall–Kier alpha value is -4.42. The first-order valence-electron chi connectivity index (χ1n) is 13.8. The van der Waals surface area contributed by atoms with E-state index in [0.717, 1.165) is 0 Å². The van der Waals surface area contributed by atoms with Crippen molar-refractivity contribution in [3.8, 4) is 28.2 Å². The maximum absolute atomic E-state index is 14.0. The van der Waals surface area contributed by atoms with Crippen molar-refractivity contribution in [2.24, 2.45) is 13.0 Å². The summed E-state index contributed by atoms with van der Waals surface area (Å²) < 4.78 is 31.8. The standard InChI is InChI=1S/C30H26Cl2F2N8O2/c1-16-4-3-5-19(22-10-17(8-9-35-22)28-23(37-29(16)44)13-36-42(28)30(33)34)21-14-40(2)25(12-26(21)43)20-11-18(31)6-7-24(20)41-15-27(32)38-39-41/h6-16,19,30H,3-5H2,1-2H3,(H,37,44)/t16-,19+/m1/s1. The van der Waals surface area contributed by atoms with Gasteiger partial charge in [0.05, 0.1) is 35.2 Å². The van der Waals surface area contributed by atoms with Gasteiger partial charge < -0.3 is 9.88 Å². The van der Waals surface area contributed by atoms with Crippen LogP contribution in [-0.2, 0) is 11.8 Å². The molecule has 0 saturated carbocycles. The lowest BCUT2D eigenvalue weighted by molar-refractivity contribution is -0.119. The molecule has 5 heterocycles. The third-order valence-corrected chi connectivity index (χ3v) is 8.22. The Labute approximate surface area is 260 Å². The Kier molecular flexibility index (Phi) is 8.04. The molecule has 2 bridgehead atoms. The monoisotopic (exact) mass is 638 g/mol. The van der Waals surface area contributed by atoms with Crippen LogP contribution in [-0.4, -0.2) is 40.2 Å². The quantitative estimate of drug-likeness (QED) is 0.241. The Balaban J connectivity index is 1.48. The zero-order chi connectivity index (χ0) is 31.1. The van der Waals surface area contributed by atoms with Crippen molar-refractivity contribution in [2.75, 3.05) is 5.32 Å². The molecule has 0 aliphatic carbocycles. The number of aryl methyl sites for hydroxylation is 1. The summed E-state index contributed by atoms with van der Waals surface area (Å²) in [5.41, 5.74) is 3.25. The molecule has 1 aliphatic rings. The number of nitrogens with one attached hydrogen (secondary N) is 1. The summed E-state index contributed by atoms with van der Waals surface area (Å²) in [6.45, 7) is -1.15. The Morgan fingerprint density at radius 2 is 1.89 bits per heavy atom. The first-order chi connectivity index (χ1) is 21.1. The predicted octanol–water partition coefficient (Wildman–Crippen LogP) is 6.48. The van der Waals surface area contributed by atoms with Crippen LogP contribution in [0.1, 0.15) is 49.9 Å². The van der Waals surface area contributed by atoms with E-state index in [4.69, 9.17) is 23.2 Å². The largest absolute Gasteiger partial charge is 0.350 e. The first kappa shape index (κ1) is 29.6. The molecular formula is C30H26Cl2F2N8O2. The van der Waals surface area contributed by atoms with Crippen LogP contribution in [0, 0.1) is 5.92 Å². The molecule has 14 heteroatoms. The molecule has 0 fully saturated rings. The number of amides is 1. The third-order valence-electron chi connectivity index (χ3n) is 7.81. The zero-order valence-electron chi connectivity index (χ0n) is 23.6. The summed E-state index contributed by atoms with van der Waals surface area (Å²) in [6, 6.07) is 10.00. The number of nitrogens with zero attached hydrogens (tertiary/aromatic N) is 7. The molecule has 44 heavy (non-hydrogen) atoms. The van der Waals surface area contributed by atoms with Gasteiger partial charge in [0.15, 0.2) is 10.6 Å². The molecule has 226 valence electrons. The molecule has 10 nitrogen and oxygen atoms in total. The highest BCUT2D eigenvalue weighted by atomic mass is 35.5. The minimum absolute atomic E-state index is 0.0634. The molecule has 1 aliphatic heterocycles. The lowest BCUT2D eigenvalue weighted by atomic mass is 9.87. The molecule has 6 rings (SSSR count). The second-order valence-corrected chi connectivity index (χ2v) is 11.5. The summed E-state index contributed by atoms with van der Waals surface area (Å²) in [5.74, 6) is -1.17. The smallest absolute Gasteiger partial charge is 0.333 e. The second kappa shape index (κ2) is 11.9. The fourth-order valence-corrected chi connectivity index (χ4v) is 5.91. The van der Waals surface area contributed by atoms with Gasteiger partial charge in [0, 0.05) is 64.8 Å². The molecule has 2 atom stereocenters. The van der Waals surface area contributed by atoms with Gasteiger partial charge in [-0.25, -0.2) is 9.36 Å². The van der Waals surface area contributed by atoms with E-state index in [1.54, 1.807) is 49.6 Å². The molecule has 0 spiro atoms. The van der Waals surface area contributed by atoms with Gasteiger partial charge in [-0.1, -0.05) is 41.8 Å². The van der Waals surface area contributed by atoms with Gasteiger partial charge in [-0.15, -0.1) is 5.10 Å². The molecule has 0 saturated heterocycles. The van der Waals surface area contributed by atoms with Gasteiger partial charge in [-0.05, 0) is 43.2 Å². The van der Waals surface area contributed by atoms with Gasteiger partial charge in [0.2, 0.25) is 5.91 Å². The number of carbonyl (C=O) groups is 1. The average Bonchev–Trinajstić information content (AvgIpc) is 3.62. The summed E-state index contributed by atoms with van der Waals surface area (Å²) in [6.07, 6.45) is 7.69. The van der Waals surface area contributed by atoms with Gasteiger partial charge in [-0.3, -0.25) is 14.6 Å². The highest BCUT2D eigenvalue weighted by molar-refractivity contribution is 6.31. The number of hydrogen-bond donors (Lipinski definition) is 1. The highest BCUT2D eigenvalue weighted by Gasteiger charge is 2.27. The molecule has 1 amide bonds. The number of fused-ring (bicyclic) bond motifs is 4. The lowest BCUT2D eigenvalue weighted by Crippen LogP contribution is -2.22. The number of alkyl halides is 2. The van der Waals surface area contributed by atoms with Crippen molar-refractivity contribution in [3.63, 3.8) is 0 Å². The minimum atomic E-state index is -2.93. The summed E-state index contributed by atoms with van der Waals surface area (Å²) in [7, 11) is 1.82. The Bertz CT molecular complexity index is 1940. The van der Waals surface area contributed by atoms with Crippen molar-refractivity contribution < 1.29 is 13.6 Å². The van der Waals surface area contributed by atoms with Crippen LogP contribution in [0.3, 0.4) is 0 Å². The zero-order valence-corrected chi connectivity index (χ0v) is 25.1. The molecule has 5 aromatic rings. The number of halogens is 4. The van der Waals surface area contributed by atoms with E-state index in [-0.39, 0.29) is 27.9 Å². The normalized spacial score (nSPS) is 17.1. The fourth-order valence-electron chi connectivity index (χ4n) is 5.61. The summed E-state index contributed by atoms with van der Waals surface area (Å²) in [5, 5.41) is 15.2. The van der Waals surface area contributed by atoms with Crippen LogP contribution in [0.15, 0.2) is 66.0 Å². The van der Waals surface area contributed by atoms with Gasteiger partial charge in [-0.2, -0.15) is 13.9 Å². The van der Waals surface area contributed by atoms with Crippen LogP contribution in [0.4, 0.5) is 14.5 Å². The molecule has 0 unspecified atom stereocenters. The maximum Gasteiger partial charge on any atom is 0.333 e. The summed E-state index contributed by atoms with van der Waals surface area (Å²) in [4.78, 5) is 31.4. The van der Waals surface area contributed by atoms with Crippen LogP contribution in [0.5, 0.6) is 0 Å². The minimum Gasteiger partial charge on any atom is -0.350 e. The summed E-state index contributed by atoms with van der Waals surface area (Å²) >= 11 is 12.4. The van der Waals surface area contributed by atoms with Crippen LogP contribution >= 0.6 is 23.2 Å².